The molecule has 0 spiro atoms. The van der Waals surface area contributed by atoms with Gasteiger partial charge in [0.05, 0.1) is 19.4 Å². The van der Waals surface area contributed by atoms with Crippen molar-refractivity contribution in [2.24, 2.45) is 0 Å². The molecule has 5 nitrogen and oxygen atoms in total. The lowest BCUT2D eigenvalue weighted by atomic mass is 10.1. The first-order chi connectivity index (χ1) is 12.4. The molecule has 1 atom stereocenters. The third kappa shape index (κ3) is 4.00. The Labute approximate surface area is 147 Å². The van der Waals surface area contributed by atoms with Gasteiger partial charge in [-0.15, -0.1) is 0 Å². The number of fused-ring (bicyclic) bond motifs is 1. The van der Waals surface area contributed by atoms with Gasteiger partial charge in [-0.1, -0.05) is 6.07 Å². The van der Waals surface area contributed by atoms with E-state index in [0.717, 1.165) is 44.0 Å². The van der Waals surface area contributed by atoms with Crippen molar-refractivity contribution in [3.8, 4) is 0 Å². The maximum atomic E-state index is 5.86. The Morgan fingerprint density at radius 1 is 1.20 bits per heavy atom. The van der Waals surface area contributed by atoms with Crippen LogP contribution in [0.5, 0.6) is 0 Å². The highest BCUT2D eigenvalue weighted by Crippen LogP contribution is 2.26. The lowest BCUT2D eigenvalue weighted by molar-refractivity contribution is 0.0894. The van der Waals surface area contributed by atoms with Crippen molar-refractivity contribution in [3.63, 3.8) is 0 Å². The van der Waals surface area contributed by atoms with Crippen molar-refractivity contribution in [3.05, 3.63) is 78.3 Å². The predicted molar refractivity (Wildman–Crippen MR) is 94.8 cm³/mol. The molecule has 25 heavy (non-hydrogen) atoms. The van der Waals surface area contributed by atoms with Gasteiger partial charge in [0.2, 0.25) is 0 Å². The Bertz CT molecular complexity index is 767. The number of hydrogen-bond donors (Lipinski definition) is 0. The minimum absolute atomic E-state index is 0.433. The minimum atomic E-state index is 0.433. The number of furan rings is 1. The van der Waals surface area contributed by atoms with Gasteiger partial charge in [-0.05, 0) is 42.3 Å². The lowest BCUT2D eigenvalue weighted by Crippen LogP contribution is -2.36. The summed E-state index contributed by atoms with van der Waals surface area (Å²) in [5.41, 5.74) is 2.47. The summed E-state index contributed by atoms with van der Waals surface area (Å²) >= 11 is 0. The van der Waals surface area contributed by atoms with Crippen LogP contribution in [0.1, 0.15) is 29.5 Å². The van der Waals surface area contributed by atoms with E-state index >= 15 is 0 Å². The van der Waals surface area contributed by atoms with Crippen LogP contribution in [-0.4, -0.2) is 27.6 Å². The first-order valence-electron chi connectivity index (χ1n) is 8.75. The van der Waals surface area contributed by atoms with Crippen LogP contribution < -0.4 is 0 Å². The van der Waals surface area contributed by atoms with Gasteiger partial charge in [-0.2, -0.15) is 0 Å². The fraction of sp³-hybridized carbons (Fsp3) is 0.350. The number of rotatable bonds is 7. The van der Waals surface area contributed by atoms with E-state index < -0.39 is 0 Å². The van der Waals surface area contributed by atoms with E-state index in [9.17, 15) is 0 Å². The van der Waals surface area contributed by atoms with Crippen molar-refractivity contribution < 1.29 is 9.15 Å². The normalized spacial score (nSPS) is 17.5. The third-order valence-corrected chi connectivity index (χ3v) is 4.66. The van der Waals surface area contributed by atoms with Crippen LogP contribution in [0.4, 0.5) is 0 Å². The van der Waals surface area contributed by atoms with E-state index in [0.29, 0.717) is 12.6 Å². The second-order valence-electron chi connectivity index (χ2n) is 6.51. The summed E-state index contributed by atoms with van der Waals surface area (Å²) < 4.78 is 13.8. The SMILES string of the molecule is c1cncc(COCCC2CN(Cc3ccco3)Cc3cccn32)c1. The Morgan fingerprint density at radius 2 is 2.20 bits per heavy atom. The fourth-order valence-electron chi connectivity index (χ4n) is 3.47. The zero-order chi connectivity index (χ0) is 16.9. The third-order valence-electron chi connectivity index (χ3n) is 4.66. The molecule has 4 heterocycles. The van der Waals surface area contributed by atoms with Crippen LogP contribution in [-0.2, 0) is 24.4 Å². The molecule has 1 aliphatic rings. The zero-order valence-corrected chi connectivity index (χ0v) is 14.3. The number of pyridine rings is 1. The average Bonchev–Trinajstić information content (AvgIpc) is 3.31. The molecule has 0 fully saturated rings. The Kier molecular flexibility index (Phi) is 4.95. The topological polar surface area (TPSA) is 43.4 Å². The van der Waals surface area contributed by atoms with Crippen LogP contribution in [0.25, 0.3) is 0 Å². The molecule has 1 unspecified atom stereocenters. The van der Waals surface area contributed by atoms with E-state index in [-0.39, 0.29) is 0 Å². The van der Waals surface area contributed by atoms with Crippen molar-refractivity contribution in [2.75, 3.05) is 13.2 Å². The smallest absolute Gasteiger partial charge is 0.117 e. The molecule has 0 radical (unpaired) electrons. The highest BCUT2D eigenvalue weighted by molar-refractivity contribution is 5.12. The van der Waals surface area contributed by atoms with Gasteiger partial charge in [-0.25, -0.2) is 0 Å². The lowest BCUT2D eigenvalue weighted by Gasteiger charge is -2.34. The van der Waals surface area contributed by atoms with Crippen molar-refractivity contribution in [1.82, 2.24) is 14.5 Å². The molecule has 5 heteroatoms. The first-order valence-corrected chi connectivity index (χ1v) is 8.75. The van der Waals surface area contributed by atoms with Crippen LogP contribution in [0.3, 0.4) is 0 Å². The highest BCUT2D eigenvalue weighted by Gasteiger charge is 2.24. The summed E-state index contributed by atoms with van der Waals surface area (Å²) in [5.74, 6) is 1.02. The quantitative estimate of drug-likeness (QED) is 0.617. The largest absolute Gasteiger partial charge is 0.468 e. The molecule has 0 bridgehead atoms. The number of aromatic nitrogens is 2. The van der Waals surface area contributed by atoms with Crippen LogP contribution in [0.2, 0.25) is 0 Å². The monoisotopic (exact) mass is 337 g/mol. The Hall–Kier alpha value is -2.37. The van der Waals surface area contributed by atoms with Gasteiger partial charge >= 0.3 is 0 Å². The standard InChI is InChI=1S/C20H23N3O2/c1-4-17(12-21-8-1)16-24-11-7-19-14-22(15-20-6-3-10-25-20)13-18-5-2-9-23(18)19/h1-6,8-10,12,19H,7,11,13-16H2. The summed E-state index contributed by atoms with van der Waals surface area (Å²) in [6, 6.07) is 12.8. The van der Waals surface area contributed by atoms with Crippen LogP contribution >= 0.6 is 0 Å². The molecule has 0 saturated carbocycles. The predicted octanol–water partition coefficient (Wildman–Crippen LogP) is 3.64. The Morgan fingerprint density at radius 3 is 3.04 bits per heavy atom. The molecule has 3 aromatic heterocycles. The van der Waals surface area contributed by atoms with Gasteiger partial charge in [0.25, 0.3) is 0 Å². The van der Waals surface area contributed by atoms with E-state index in [1.165, 1.54) is 5.69 Å². The summed E-state index contributed by atoms with van der Waals surface area (Å²) in [7, 11) is 0. The molecule has 3 aromatic rings. The summed E-state index contributed by atoms with van der Waals surface area (Å²) in [4.78, 5) is 6.57. The summed E-state index contributed by atoms with van der Waals surface area (Å²) in [6.45, 7) is 4.19. The summed E-state index contributed by atoms with van der Waals surface area (Å²) in [5, 5.41) is 0. The van der Waals surface area contributed by atoms with Crippen molar-refractivity contribution in [2.45, 2.75) is 32.2 Å². The van der Waals surface area contributed by atoms with E-state index in [1.54, 1.807) is 12.5 Å². The molecule has 0 N–H and O–H groups in total. The van der Waals surface area contributed by atoms with Gasteiger partial charge < -0.3 is 13.7 Å². The van der Waals surface area contributed by atoms with Crippen molar-refractivity contribution in [1.29, 1.82) is 0 Å². The molecular formula is C20H23N3O2. The molecule has 130 valence electrons. The van der Waals surface area contributed by atoms with Gasteiger partial charge in [0, 0.05) is 50.0 Å². The molecule has 0 saturated heterocycles. The second kappa shape index (κ2) is 7.68. The summed E-state index contributed by atoms with van der Waals surface area (Å²) in [6.07, 6.45) is 8.57. The molecule has 0 amide bonds. The van der Waals surface area contributed by atoms with E-state index in [1.807, 2.05) is 30.5 Å². The zero-order valence-electron chi connectivity index (χ0n) is 14.3. The molecular weight excluding hydrogens is 314 g/mol. The second-order valence-corrected chi connectivity index (χ2v) is 6.51. The number of ether oxygens (including phenoxy) is 1. The van der Waals surface area contributed by atoms with Gasteiger partial charge in [-0.3, -0.25) is 9.88 Å². The average molecular weight is 337 g/mol. The first kappa shape index (κ1) is 16.1. The number of nitrogens with zero attached hydrogens (tertiary/aromatic N) is 3. The molecule has 0 aromatic carbocycles. The maximum Gasteiger partial charge on any atom is 0.117 e. The minimum Gasteiger partial charge on any atom is -0.468 e. The van der Waals surface area contributed by atoms with Crippen LogP contribution in [0, 0.1) is 0 Å². The van der Waals surface area contributed by atoms with Crippen LogP contribution in [0.15, 0.2) is 65.7 Å². The van der Waals surface area contributed by atoms with Gasteiger partial charge in [0.1, 0.15) is 5.76 Å². The molecule has 4 rings (SSSR count). The Balaban J connectivity index is 1.33. The fourth-order valence-corrected chi connectivity index (χ4v) is 3.47. The highest BCUT2D eigenvalue weighted by atomic mass is 16.5. The van der Waals surface area contributed by atoms with E-state index in [2.05, 4.69) is 32.8 Å². The van der Waals surface area contributed by atoms with Gasteiger partial charge in [0.15, 0.2) is 0 Å². The van der Waals surface area contributed by atoms with Crippen molar-refractivity contribution >= 4 is 0 Å². The maximum absolute atomic E-state index is 5.86. The molecule has 0 aliphatic carbocycles. The van der Waals surface area contributed by atoms with E-state index in [4.69, 9.17) is 9.15 Å². The molecule has 1 aliphatic heterocycles. The number of hydrogen-bond acceptors (Lipinski definition) is 4.